The van der Waals surface area contributed by atoms with Crippen LogP contribution in [0.2, 0.25) is 0 Å². The molecule has 0 fully saturated rings. The fourth-order valence-electron chi connectivity index (χ4n) is 5.20. The molecule has 164 valence electrons. The minimum Gasteiger partial charge on any atom is -0.0971 e. The van der Waals surface area contributed by atoms with E-state index in [9.17, 15) is 0 Å². The molecule has 0 aromatic heterocycles. The van der Waals surface area contributed by atoms with Gasteiger partial charge in [-0.25, -0.2) is 0 Å². The lowest BCUT2D eigenvalue weighted by Gasteiger charge is -2.19. The summed E-state index contributed by atoms with van der Waals surface area (Å²) in [6.45, 7) is 3.24. The molecule has 0 bridgehead atoms. The largest absolute Gasteiger partial charge is 0.0971 e. The second-order valence-corrected chi connectivity index (χ2v) is 13.5. The average molecular weight is 455 g/mol. The molecule has 0 atom stereocenters. The molecule has 6 rings (SSSR count). The maximum Gasteiger partial charge on any atom is -0.00201 e. The summed E-state index contributed by atoms with van der Waals surface area (Å²) in [5, 5.41) is 9.09. The molecular weight excluding hydrogens is 427 g/mol. The smallest absolute Gasteiger partial charge is 0.00201 e. The van der Waals surface area contributed by atoms with Gasteiger partial charge in [0, 0.05) is 0 Å². The minimum absolute atomic E-state index is 1.26. The summed E-state index contributed by atoms with van der Waals surface area (Å²) in [7, 11) is 0. The lowest BCUT2D eigenvalue weighted by molar-refractivity contribution is 1.68. The van der Waals surface area contributed by atoms with Gasteiger partial charge < -0.3 is 0 Å². The maximum atomic E-state index is 4.42. The molecule has 0 N–H and O–H groups in total. The van der Waals surface area contributed by atoms with Gasteiger partial charge in [0.25, 0.3) is 0 Å². The van der Waals surface area contributed by atoms with Gasteiger partial charge in [0.2, 0.25) is 0 Å². The molecule has 6 aromatic rings. The van der Waals surface area contributed by atoms with Crippen molar-refractivity contribution in [3.8, 4) is 22.3 Å². The van der Waals surface area contributed by atoms with E-state index in [-0.39, 0.29) is 0 Å². The molecule has 0 saturated heterocycles. The summed E-state index contributed by atoms with van der Waals surface area (Å²) < 4.78 is 0. The molecule has 0 nitrogen and oxygen atoms in total. The monoisotopic (exact) mass is 454 g/mol. The van der Waals surface area contributed by atoms with Gasteiger partial charge in [0.15, 0.2) is 0 Å². The Morgan fingerprint density at radius 2 is 0.941 bits per heavy atom. The summed E-state index contributed by atoms with van der Waals surface area (Å²) >= 11 is 0. The van der Waals surface area contributed by atoms with Crippen LogP contribution in [0.15, 0.2) is 115 Å². The first kappa shape index (κ1) is 21.0. The van der Waals surface area contributed by atoms with Crippen LogP contribution >= 0.6 is 6.89 Å². The van der Waals surface area contributed by atoms with Gasteiger partial charge in [0.1, 0.15) is 0 Å². The highest BCUT2D eigenvalue weighted by atomic mass is 31.2. The van der Waals surface area contributed by atoms with E-state index in [1.54, 1.807) is 0 Å². The molecule has 0 aliphatic heterocycles. The average Bonchev–Trinajstić information content (AvgIpc) is 2.86. The normalized spacial score (nSPS) is 11.9. The van der Waals surface area contributed by atoms with E-state index in [1.165, 1.54) is 59.9 Å². The molecule has 0 aliphatic carbocycles. The quantitative estimate of drug-likeness (QED) is 0.185. The third kappa shape index (κ3) is 3.38. The van der Waals surface area contributed by atoms with Gasteiger partial charge in [-0.1, -0.05) is 128 Å². The molecule has 0 amide bonds. The van der Waals surface area contributed by atoms with Crippen molar-refractivity contribution in [1.29, 1.82) is 0 Å². The van der Waals surface area contributed by atoms with E-state index in [0.29, 0.717) is 0 Å². The zero-order valence-corrected chi connectivity index (χ0v) is 20.5. The highest BCUT2D eigenvalue weighted by Gasteiger charge is 2.17. The fraction of sp³-hybridized carbons (Fsp3) is 0.0606. The van der Waals surface area contributed by atoms with Gasteiger partial charge in [-0.2, -0.15) is 0 Å². The van der Waals surface area contributed by atoms with Crippen molar-refractivity contribution < 1.29 is 0 Å². The number of benzene rings is 6. The number of rotatable bonds is 3. The second-order valence-electron chi connectivity index (χ2n) is 9.60. The lowest BCUT2D eigenvalue weighted by Crippen LogP contribution is -2.02. The van der Waals surface area contributed by atoms with Crippen molar-refractivity contribution in [3.05, 3.63) is 115 Å². The Morgan fingerprint density at radius 3 is 1.50 bits per heavy atom. The summed E-state index contributed by atoms with van der Waals surface area (Å²) in [4.78, 5) is 0. The molecule has 1 heteroatoms. The van der Waals surface area contributed by atoms with E-state index in [1.807, 2.05) is 0 Å². The van der Waals surface area contributed by atoms with Crippen molar-refractivity contribution in [3.63, 3.8) is 0 Å². The van der Waals surface area contributed by atoms with Crippen molar-refractivity contribution in [2.75, 3.05) is 13.3 Å². The fourth-order valence-corrected chi connectivity index (χ4v) is 6.16. The predicted molar refractivity (Wildman–Crippen MR) is 155 cm³/mol. The van der Waals surface area contributed by atoms with E-state index >= 15 is 0 Å². The summed E-state index contributed by atoms with van der Waals surface area (Å²) in [5.74, 6) is 0. The molecule has 0 heterocycles. The summed E-state index contributed by atoms with van der Waals surface area (Å²) in [6.07, 6.45) is 4.42. The maximum absolute atomic E-state index is 4.42. The number of hydrogen-bond acceptors (Lipinski definition) is 0. The molecule has 0 unspecified atom stereocenters. The Balaban J connectivity index is 1.74. The topological polar surface area (TPSA) is 0 Å². The first-order chi connectivity index (χ1) is 16.5. The van der Waals surface area contributed by atoms with Crippen LogP contribution in [0.3, 0.4) is 0 Å². The van der Waals surface area contributed by atoms with Crippen molar-refractivity contribution in [2.45, 2.75) is 0 Å². The molecule has 0 radical (unpaired) electrons. The van der Waals surface area contributed by atoms with E-state index in [4.69, 9.17) is 0 Å². The highest BCUT2D eigenvalue weighted by Crippen LogP contribution is 2.45. The second kappa shape index (κ2) is 8.01. The zero-order chi connectivity index (χ0) is 23.3. The summed E-state index contributed by atoms with van der Waals surface area (Å²) in [6, 6.07) is 42.2. The molecule has 0 saturated carbocycles. The predicted octanol–water partition coefficient (Wildman–Crippen LogP) is 8.81. The number of hydrogen-bond donors (Lipinski definition) is 0. The molecule has 6 aromatic carbocycles. The minimum atomic E-state index is -1.30. The molecule has 0 aliphatic rings. The zero-order valence-electron chi connectivity index (χ0n) is 19.6. The Labute approximate surface area is 201 Å². The summed E-state index contributed by atoms with van der Waals surface area (Å²) in [5.41, 5.74) is 5.17. The van der Waals surface area contributed by atoms with Crippen molar-refractivity contribution in [1.82, 2.24) is 0 Å². The van der Waals surface area contributed by atoms with Crippen molar-refractivity contribution >= 4 is 50.8 Å². The Kier molecular flexibility index (Phi) is 4.94. The first-order valence-electron chi connectivity index (χ1n) is 11.7. The van der Waals surface area contributed by atoms with Crippen LogP contribution in [0, 0.1) is 0 Å². The van der Waals surface area contributed by atoms with Crippen LogP contribution in [-0.4, -0.2) is 19.6 Å². The molecular formula is C33H27P. The van der Waals surface area contributed by atoms with Crippen LogP contribution < -0.4 is 5.30 Å². The van der Waals surface area contributed by atoms with Crippen LogP contribution in [0.4, 0.5) is 0 Å². The molecule has 0 spiro atoms. The third-order valence-electron chi connectivity index (χ3n) is 6.85. The SMILES string of the molecule is C=P(C)(C)c1ccc(-c2c3ccccc3c(-c3cccc4ccccc34)c3ccccc23)cc1. The lowest BCUT2D eigenvalue weighted by atomic mass is 9.85. The van der Waals surface area contributed by atoms with Gasteiger partial charge in [-0.3, -0.25) is 0 Å². The van der Waals surface area contributed by atoms with E-state index in [2.05, 4.69) is 135 Å². The Morgan fingerprint density at radius 1 is 0.471 bits per heavy atom. The number of fused-ring (bicyclic) bond motifs is 3. The van der Waals surface area contributed by atoms with Crippen LogP contribution in [0.25, 0.3) is 54.6 Å². The van der Waals surface area contributed by atoms with Gasteiger partial charge in [-0.05, 0) is 73.2 Å². The van der Waals surface area contributed by atoms with Crippen LogP contribution in [-0.2, 0) is 0 Å². The van der Waals surface area contributed by atoms with Gasteiger partial charge >= 0.3 is 0 Å². The highest BCUT2D eigenvalue weighted by molar-refractivity contribution is 7.79. The van der Waals surface area contributed by atoms with Crippen LogP contribution in [0.1, 0.15) is 0 Å². The Bertz CT molecular complexity index is 1670. The molecule has 34 heavy (non-hydrogen) atoms. The first-order valence-corrected chi connectivity index (χ1v) is 14.6. The van der Waals surface area contributed by atoms with Gasteiger partial charge in [0.05, 0.1) is 0 Å². The van der Waals surface area contributed by atoms with Crippen LogP contribution in [0.5, 0.6) is 0 Å². The van der Waals surface area contributed by atoms with Gasteiger partial charge in [-0.15, -0.1) is 0 Å². The standard InChI is InChI=1S/C33H27P/c1-34(2,3)25-21-19-24(20-22-25)32-28-14-6-8-16-30(28)33(31-17-9-7-15-29(31)32)27-18-10-12-23-11-4-5-13-26(23)27/h4-22H,1H2,2-3H3. The van der Waals surface area contributed by atoms with E-state index in [0.717, 1.165) is 0 Å². The van der Waals surface area contributed by atoms with E-state index < -0.39 is 6.89 Å². The Hall–Kier alpha value is -3.60. The van der Waals surface area contributed by atoms with Crippen molar-refractivity contribution in [2.24, 2.45) is 0 Å². The third-order valence-corrected chi connectivity index (χ3v) is 8.54.